The molecule has 6 heterocycles. The minimum absolute atomic E-state index is 0.200. The van der Waals surface area contributed by atoms with Crippen molar-refractivity contribution in [3.63, 3.8) is 0 Å². The Morgan fingerprint density at radius 3 is 1.16 bits per heavy atom. The second-order valence-electron chi connectivity index (χ2n) is 18.0. The highest BCUT2D eigenvalue weighted by atomic mass is 16.9. The van der Waals surface area contributed by atoms with Crippen LogP contribution in [-0.2, 0) is 56.8 Å². The lowest BCUT2D eigenvalue weighted by Crippen LogP contribution is -2.56. The van der Waals surface area contributed by atoms with Gasteiger partial charge in [0.25, 0.3) is 0 Å². The number of aliphatic hydroxyl groups is 2. The summed E-state index contributed by atoms with van der Waals surface area (Å²) in [4.78, 5) is 0. The van der Waals surface area contributed by atoms with Crippen molar-refractivity contribution in [1.29, 1.82) is 0 Å². The third-order valence-electron chi connectivity index (χ3n) is 10.9. The van der Waals surface area contributed by atoms with Crippen LogP contribution >= 0.6 is 0 Å². The monoisotopic (exact) mass is 804 g/mol. The Bertz CT molecular complexity index is 1120. The Labute approximate surface area is 333 Å². The quantitative estimate of drug-likeness (QED) is 0.111. The molecular formula is C40H72N2O14. The van der Waals surface area contributed by atoms with Crippen molar-refractivity contribution in [2.24, 2.45) is 0 Å². The third-order valence-corrected chi connectivity index (χ3v) is 10.9. The summed E-state index contributed by atoms with van der Waals surface area (Å²) in [5.74, 6) is -3.03. The van der Waals surface area contributed by atoms with Crippen molar-refractivity contribution < 1.29 is 67.1 Å². The SMILES string of the molecule is CC1(C)O[C@H]2[C@@H](O1)[C@@H](COCC(O)CNCCCCCCCCCCNCC(O)COC[C@H]1O[C@@H]3OC(C)(C)O[C@@H]3[C@H]3OC(C)(C)O[C@H]31)O[C@@H]1OC(C)(C)O[C@@H]12. The van der Waals surface area contributed by atoms with Crippen LogP contribution in [0.1, 0.15) is 107 Å². The molecule has 2 unspecified atom stereocenters. The fraction of sp³-hybridized carbons (Fsp3) is 1.00. The van der Waals surface area contributed by atoms with E-state index in [0.717, 1.165) is 25.9 Å². The van der Waals surface area contributed by atoms with E-state index < -0.39 is 60.1 Å². The summed E-state index contributed by atoms with van der Waals surface area (Å²) in [5.41, 5.74) is 0. The highest BCUT2D eigenvalue weighted by molar-refractivity contribution is 5.01. The predicted molar refractivity (Wildman–Crippen MR) is 201 cm³/mol. The molecule has 0 radical (unpaired) electrons. The van der Waals surface area contributed by atoms with Gasteiger partial charge in [-0.2, -0.15) is 0 Å². The molecule has 0 amide bonds. The molecule has 6 aliphatic rings. The summed E-state index contributed by atoms with van der Waals surface area (Å²) in [6, 6.07) is 0. The normalized spacial score (nSPS) is 37.2. The number of nitrogens with one attached hydrogen (secondary N) is 2. The number of rotatable bonds is 23. The molecule has 16 heteroatoms. The summed E-state index contributed by atoms with van der Waals surface area (Å²) in [6.07, 6.45) is 4.20. The van der Waals surface area contributed by atoms with Gasteiger partial charge in [0.05, 0.1) is 38.6 Å². The summed E-state index contributed by atoms with van der Waals surface area (Å²) in [5, 5.41) is 27.6. The molecule has 6 rings (SSSR count). The number of ether oxygens (including phenoxy) is 12. The van der Waals surface area contributed by atoms with E-state index in [2.05, 4.69) is 10.6 Å². The first-order valence-corrected chi connectivity index (χ1v) is 21.2. The number of hydrogen-bond acceptors (Lipinski definition) is 16. The van der Waals surface area contributed by atoms with E-state index in [1.54, 1.807) is 0 Å². The van der Waals surface area contributed by atoms with Crippen LogP contribution in [0.4, 0.5) is 0 Å². The Morgan fingerprint density at radius 1 is 0.446 bits per heavy atom. The van der Waals surface area contributed by atoms with E-state index in [0.29, 0.717) is 13.1 Å². The topological polar surface area (TPSA) is 175 Å². The van der Waals surface area contributed by atoms with Crippen molar-refractivity contribution in [3.8, 4) is 0 Å². The molecule has 0 aromatic heterocycles. The van der Waals surface area contributed by atoms with Crippen LogP contribution in [0.2, 0.25) is 0 Å². The molecule has 6 saturated heterocycles. The highest BCUT2D eigenvalue weighted by Gasteiger charge is 2.62. The number of hydrogen-bond donors (Lipinski definition) is 4. The first-order chi connectivity index (χ1) is 26.5. The zero-order valence-corrected chi connectivity index (χ0v) is 35.0. The van der Waals surface area contributed by atoms with Gasteiger partial charge in [-0.15, -0.1) is 0 Å². The Hall–Kier alpha value is -0.640. The fourth-order valence-corrected chi connectivity index (χ4v) is 8.51. The lowest BCUT2D eigenvalue weighted by molar-refractivity contribution is -0.244. The molecule has 0 bridgehead atoms. The minimum atomic E-state index is -0.763. The maximum atomic E-state index is 10.5. The summed E-state index contributed by atoms with van der Waals surface area (Å²) in [7, 11) is 0. The standard InChI is InChI=1S/C40H72N2O14/c1-37(2)49-29-27(47-35-33(31(29)51-37)53-39(5,6)55-35)23-45-21-25(43)19-41-17-15-13-11-9-10-12-14-16-18-42-20-26(44)22-46-24-28-30-32(52-38(3,4)50-30)34-36(48-28)56-40(7,8)54-34/h25-36,41-44H,9-24H2,1-8H3/t25?,26?,27-,28-,29+,30+,31+,32+,33-,34-,35-,36-/m1/s1. The molecule has 56 heavy (non-hydrogen) atoms. The summed E-state index contributed by atoms with van der Waals surface area (Å²) in [6.45, 7) is 18.6. The summed E-state index contributed by atoms with van der Waals surface area (Å²) < 4.78 is 72.6. The third kappa shape index (κ3) is 12.5. The fourth-order valence-electron chi connectivity index (χ4n) is 8.51. The first-order valence-electron chi connectivity index (χ1n) is 21.2. The molecule has 0 aromatic carbocycles. The van der Waals surface area contributed by atoms with E-state index in [-0.39, 0.29) is 63.1 Å². The van der Waals surface area contributed by atoms with Gasteiger partial charge in [0.2, 0.25) is 0 Å². The number of fused-ring (bicyclic) bond motifs is 6. The molecule has 0 saturated carbocycles. The average molecular weight is 805 g/mol. The Morgan fingerprint density at radius 2 is 0.768 bits per heavy atom. The maximum Gasteiger partial charge on any atom is 0.190 e. The van der Waals surface area contributed by atoms with Gasteiger partial charge in [-0.3, -0.25) is 0 Å². The van der Waals surface area contributed by atoms with Crippen molar-refractivity contribution in [3.05, 3.63) is 0 Å². The van der Waals surface area contributed by atoms with Gasteiger partial charge in [-0.1, -0.05) is 38.5 Å². The van der Waals surface area contributed by atoms with E-state index in [4.69, 9.17) is 56.8 Å². The molecule has 12 atom stereocenters. The smallest absolute Gasteiger partial charge is 0.190 e. The second-order valence-corrected chi connectivity index (χ2v) is 18.0. The molecule has 0 aromatic rings. The van der Waals surface area contributed by atoms with Gasteiger partial charge < -0.3 is 77.7 Å². The zero-order valence-electron chi connectivity index (χ0n) is 35.0. The molecule has 16 nitrogen and oxygen atoms in total. The van der Waals surface area contributed by atoms with Crippen LogP contribution in [0, 0.1) is 0 Å². The maximum absolute atomic E-state index is 10.5. The Balaban J connectivity index is 0.711. The van der Waals surface area contributed by atoms with Gasteiger partial charge in [0, 0.05) is 13.1 Å². The van der Waals surface area contributed by atoms with Crippen molar-refractivity contribution in [2.75, 3.05) is 52.6 Å². The van der Waals surface area contributed by atoms with Gasteiger partial charge >= 0.3 is 0 Å². The molecule has 326 valence electrons. The van der Waals surface area contributed by atoms with Gasteiger partial charge in [-0.05, 0) is 81.3 Å². The van der Waals surface area contributed by atoms with Gasteiger partial charge in [0.1, 0.15) is 48.8 Å². The van der Waals surface area contributed by atoms with E-state index in [1.165, 1.54) is 38.5 Å². The van der Waals surface area contributed by atoms with Crippen LogP contribution in [0.25, 0.3) is 0 Å². The Kier molecular flexibility index (Phi) is 15.5. The van der Waals surface area contributed by atoms with Gasteiger partial charge in [0.15, 0.2) is 35.7 Å². The second kappa shape index (κ2) is 19.4. The van der Waals surface area contributed by atoms with Gasteiger partial charge in [-0.25, -0.2) is 0 Å². The predicted octanol–water partition coefficient (Wildman–Crippen LogP) is 2.83. The molecule has 0 spiro atoms. The molecule has 4 N–H and O–H groups in total. The van der Waals surface area contributed by atoms with Crippen molar-refractivity contribution >= 4 is 0 Å². The van der Waals surface area contributed by atoms with Crippen LogP contribution in [0.3, 0.4) is 0 Å². The van der Waals surface area contributed by atoms with Crippen molar-refractivity contribution in [1.82, 2.24) is 10.6 Å². The molecular weight excluding hydrogens is 732 g/mol. The molecule has 0 aliphatic carbocycles. The average Bonchev–Trinajstić information content (AvgIpc) is 3.81. The van der Waals surface area contributed by atoms with E-state index >= 15 is 0 Å². The number of aliphatic hydroxyl groups excluding tert-OH is 2. The van der Waals surface area contributed by atoms with E-state index in [1.807, 2.05) is 55.4 Å². The van der Waals surface area contributed by atoms with Crippen LogP contribution in [-0.4, -0.2) is 160 Å². The lowest BCUT2D eigenvalue weighted by atomic mass is 9.99. The first kappa shape index (κ1) is 44.9. The molecule has 6 aliphatic heterocycles. The number of unbranched alkanes of at least 4 members (excludes halogenated alkanes) is 7. The van der Waals surface area contributed by atoms with Crippen molar-refractivity contribution in [2.45, 2.75) is 204 Å². The lowest BCUT2D eigenvalue weighted by Gasteiger charge is -2.37. The van der Waals surface area contributed by atoms with Crippen LogP contribution in [0.5, 0.6) is 0 Å². The van der Waals surface area contributed by atoms with E-state index in [9.17, 15) is 10.2 Å². The van der Waals surface area contributed by atoms with Crippen LogP contribution in [0.15, 0.2) is 0 Å². The molecule has 6 fully saturated rings. The highest BCUT2D eigenvalue weighted by Crippen LogP contribution is 2.45. The largest absolute Gasteiger partial charge is 0.389 e. The summed E-state index contributed by atoms with van der Waals surface area (Å²) >= 11 is 0. The minimum Gasteiger partial charge on any atom is -0.389 e. The van der Waals surface area contributed by atoms with Crippen LogP contribution < -0.4 is 10.6 Å². The zero-order chi connectivity index (χ0) is 40.1.